The largest absolute Gasteiger partial charge is 0.461 e. The van der Waals surface area contributed by atoms with E-state index in [2.05, 4.69) is 24.2 Å². The minimum Gasteiger partial charge on any atom is -0.461 e. The number of hydrogen-bond acceptors (Lipinski definition) is 3. The van der Waals surface area contributed by atoms with Gasteiger partial charge >= 0.3 is 5.97 Å². The van der Waals surface area contributed by atoms with Crippen LogP contribution in [-0.4, -0.2) is 22.4 Å². The Bertz CT molecular complexity index is 981. The van der Waals surface area contributed by atoms with E-state index in [1.807, 2.05) is 12.1 Å². The lowest BCUT2D eigenvalue weighted by atomic mass is 10.0. The van der Waals surface area contributed by atoms with Crippen molar-refractivity contribution in [1.82, 2.24) is 9.78 Å². The summed E-state index contributed by atoms with van der Waals surface area (Å²) in [4.78, 5) is 12.3. The number of esters is 1. The predicted octanol–water partition coefficient (Wildman–Crippen LogP) is 6.76. The summed E-state index contributed by atoms with van der Waals surface area (Å²) in [5.41, 5.74) is 3.88. The maximum absolute atomic E-state index is 12.3. The second-order valence-electron chi connectivity index (χ2n) is 6.80. The molecule has 0 aliphatic rings. The molecule has 0 N–H and O–H groups in total. The first-order chi connectivity index (χ1) is 14.0. The highest BCUT2D eigenvalue weighted by molar-refractivity contribution is 6.35. The molecule has 2 aromatic carbocycles. The molecule has 0 fully saturated rings. The number of aromatic nitrogens is 2. The van der Waals surface area contributed by atoms with Gasteiger partial charge in [0.05, 0.1) is 23.0 Å². The molecule has 0 radical (unpaired) electrons. The maximum atomic E-state index is 12.3. The Morgan fingerprint density at radius 1 is 1.03 bits per heavy atom. The standard InChI is InChI=1S/C23H24Cl2N2O2/c1-3-5-6-7-16-8-10-17(11-9-16)22-15-20(23(28)29-4-2)26-27(22)21-13-12-18(24)14-19(21)25/h8-15H,3-7H2,1-2H3. The number of aryl methyl sites for hydroxylation is 1. The minimum atomic E-state index is -0.464. The third kappa shape index (κ3) is 5.20. The van der Waals surface area contributed by atoms with Crippen molar-refractivity contribution in [2.45, 2.75) is 39.5 Å². The van der Waals surface area contributed by atoms with Gasteiger partial charge in [-0.05, 0) is 49.6 Å². The summed E-state index contributed by atoms with van der Waals surface area (Å²) in [5, 5.41) is 5.45. The molecule has 4 nitrogen and oxygen atoms in total. The van der Waals surface area contributed by atoms with Gasteiger partial charge in [0.2, 0.25) is 0 Å². The molecule has 152 valence electrons. The van der Waals surface area contributed by atoms with E-state index in [9.17, 15) is 4.79 Å². The average Bonchev–Trinajstić information content (AvgIpc) is 3.14. The van der Waals surface area contributed by atoms with Gasteiger partial charge in [-0.2, -0.15) is 5.10 Å². The minimum absolute atomic E-state index is 0.236. The van der Waals surface area contributed by atoms with E-state index in [1.165, 1.54) is 24.8 Å². The van der Waals surface area contributed by atoms with E-state index in [4.69, 9.17) is 27.9 Å². The van der Waals surface area contributed by atoms with Crippen molar-refractivity contribution in [3.63, 3.8) is 0 Å². The molecule has 0 aliphatic heterocycles. The summed E-state index contributed by atoms with van der Waals surface area (Å²) in [7, 11) is 0. The molecule has 0 amide bonds. The second kappa shape index (κ2) is 9.95. The van der Waals surface area contributed by atoms with Crippen LogP contribution in [0, 0.1) is 0 Å². The van der Waals surface area contributed by atoms with Gasteiger partial charge in [0.25, 0.3) is 0 Å². The number of benzene rings is 2. The Kier molecular flexibility index (Phi) is 7.34. The van der Waals surface area contributed by atoms with Gasteiger partial charge in [-0.1, -0.05) is 67.2 Å². The molecule has 3 rings (SSSR count). The number of ether oxygens (including phenoxy) is 1. The van der Waals surface area contributed by atoms with Crippen LogP contribution in [0.3, 0.4) is 0 Å². The van der Waals surface area contributed by atoms with Gasteiger partial charge in [-0.15, -0.1) is 0 Å². The summed E-state index contributed by atoms with van der Waals surface area (Å²) in [5.74, 6) is -0.464. The van der Waals surface area contributed by atoms with Crippen molar-refractivity contribution in [3.05, 3.63) is 69.8 Å². The van der Waals surface area contributed by atoms with Gasteiger partial charge in [-0.25, -0.2) is 9.48 Å². The van der Waals surface area contributed by atoms with Crippen LogP contribution in [0.4, 0.5) is 0 Å². The number of unbranched alkanes of at least 4 members (excludes halogenated alkanes) is 2. The molecule has 0 spiro atoms. The number of carbonyl (C=O) groups excluding carboxylic acids is 1. The third-order valence-electron chi connectivity index (χ3n) is 4.65. The van der Waals surface area contributed by atoms with Gasteiger partial charge in [0, 0.05) is 10.6 Å². The Balaban J connectivity index is 2.01. The zero-order chi connectivity index (χ0) is 20.8. The lowest BCUT2D eigenvalue weighted by Gasteiger charge is -2.10. The zero-order valence-corrected chi connectivity index (χ0v) is 18.1. The zero-order valence-electron chi connectivity index (χ0n) is 16.6. The Labute approximate surface area is 181 Å². The van der Waals surface area contributed by atoms with E-state index >= 15 is 0 Å². The fourth-order valence-electron chi connectivity index (χ4n) is 3.15. The Hall–Kier alpha value is -2.30. The average molecular weight is 431 g/mol. The highest BCUT2D eigenvalue weighted by Crippen LogP contribution is 2.30. The molecule has 6 heteroatoms. The lowest BCUT2D eigenvalue weighted by molar-refractivity contribution is 0.0519. The Morgan fingerprint density at radius 3 is 2.45 bits per heavy atom. The van der Waals surface area contributed by atoms with E-state index in [0.717, 1.165) is 17.7 Å². The van der Waals surface area contributed by atoms with Crippen LogP contribution >= 0.6 is 23.2 Å². The van der Waals surface area contributed by atoms with E-state index in [-0.39, 0.29) is 12.3 Å². The van der Waals surface area contributed by atoms with Crippen LogP contribution in [0.2, 0.25) is 10.0 Å². The normalized spacial score (nSPS) is 10.9. The van der Waals surface area contributed by atoms with Crippen LogP contribution in [0.25, 0.3) is 16.9 Å². The molecule has 1 aromatic heterocycles. The fraction of sp³-hybridized carbons (Fsp3) is 0.304. The monoisotopic (exact) mass is 430 g/mol. The molecule has 0 saturated carbocycles. The SMILES string of the molecule is CCCCCc1ccc(-c2cc(C(=O)OCC)nn2-c2ccc(Cl)cc2Cl)cc1. The smallest absolute Gasteiger partial charge is 0.358 e. The third-order valence-corrected chi connectivity index (χ3v) is 5.19. The van der Waals surface area contributed by atoms with Crippen molar-refractivity contribution < 1.29 is 9.53 Å². The van der Waals surface area contributed by atoms with Gasteiger partial charge in [0.1, 0.15) is 0 Å². The van der Waals surface area contributed by atoms with E-state index in [0.29, 0.717) is 15.7 Å². The molecule has 0 unspecified atom stereocenters. The Morgan fingerprint density at radius 2 is 1.79 bits per heavy atom. The number of halogens is 2. The molecule has 0 atom stereocenters. The summed E-state index contributed by atoms with van der Waals surface area (Å²) >= 11 is 12.4. The first kappa shape index (κ1) is 21.4. The predicted molar refractivity (Wildman–Crippen MR) is 118 cm³/mol. The molecule has 0 aliphatic carbocycles. The molecule has 3 aromatic rings. The highest BCUT2D eigenvalue weighted by atomic mass is 35.5. The van der Waals surface area contributed by atoms with Crippen molar-refractivity contribution >= 4 is 29.2 Å². The van der Waals surface area contributed by atoms with Crippen LogP contribution in [0.5, 0.6) is 0 Å². The van der Waals surface area contributed by atoms with Crippen molar-refractivity contribution in [1.29, 1.82) is 0 Å². The van der Waals surface area contributed by atoms with Crippen LogP contribution in [0.15, 0.2) is 48.5 Å². The van der Waals surface area contributed by atoms with Gasteiger partial charge < -0.3 is 4.74 Å². The number of hydrogen-bond donors (Lipinski definition) is 0. The van der Waals surface area contributed by atoms with Crippen LogP contribution < -0.4 is 0 Å². The summed E-state index contributed by atoms with van der Waals surface area (Å²) in [6, 6.07) is 15.3. The van der Waals surface area contributed by atoms with Gasteiger partial charge in [0.15, 0.2) is 5.69 Å². The summed E-state index contributed by atoms with van der Waals surface area (Å²) in [6.07, 6.45) is 4.67. The highest BCUT2D eigenvalue weighted by Gasteiger charge is 2.19. The fourth-order valence-corrected chi connectivity index (χ4v) is 3.64. The molecular weight excluding hydrogens is 407 g/mol. The summed E-state index contributed by atoms with van der Waals surface area (Å²) in [6.45, 7) is 4.26. The molecule has 1 heterocycles. The van der Waals surface area contributed by atoms with E-state index in [1.54, 1.807) is 35.9 Å². The van der Waals surface area contributed by atoms with Crippen LogP contribution in [0.1, 0.15) is 49.2 Å². The van der Waals surface area contributed by atoms with Crippen molar-refractivity contribution in [3.8, 4) is 16.9 Å². The number of nitrogens with zero attached hydrogens (tertiary/aromatic N) is 2. The molecule has 0 saturated heterocycles. The molecule has 29 heavy (non-hydrogen) atoms. The maximum Gasteiger partial charge on any atom is 0.358 e. The number of rotatable bonds is 8. The quantitative estimate of drug-likeness (QED) is 0.293. The molecular formula is C23H24Cl2N2O2. The first-order valence-corrected chi connectivity index (χ1v) is 10.6. The molecule has 0 bridgehead atoms. The van der Waals surface area contributed by atoms with Crippen LogP contribution in [-0.2, 0) is 11.2 Å². The topological polar surface area (TPSA) is 44.1 Å². The number of carbonyl (C=O) groups is 1. The second-order valence-corrected chi connectivity index (χ2v) is 7.64. The van der Waals surface area contributed by atoms with Gasteiger partial charge in [-0.3, -0.25) is 0 Å². The summed E-state index contributed by atoms with van der Waals surface area (Å²) < 4.78 is 6.79. The van der Waals surface area contributed by atoms with E-state index < -0.39 is 5.97 Å². The van der Waals surface area contributed by atoms with Crippen molar-refractivity contribution in [2.75, 3.05) is 6.61 Å². The van der Waals surface area contributed by atoms with Crippen molar-refractivity contribution in [2.24, 2.45) is 0 Å². The first-order valence-electron chi connectivity index (χ1n) is 9.85. The lowest BCUT2D eigenvalue weighted by Crippen LogP contribution is -2.07.